The molecule has 2 fully saturated rings. The number of aliphatic hydroxyl groups is 1. The number of rotatable bonds is 4. The Morgan fingerprint density at radius 1 is 1.33 bits per heavy atom. The van der Waals surface area contributed by atoms with Gasteiger partial charge in [-0.05, 0) is 31.2 Å². The molecule has 0 saturated carbocycles. The summed E-state index contributed by atoms with van der Waals surface area (Å²) in [5.41, 5.74) is 0.117. The molecular weight excluding hydrogens is 304 g/mol. The smallest absolute Gasteiger partial charge is 0.246 e. The van der Waals surface area contributed by atoms with E-state index in [2.05, 4.69) is 21.8 Å². The molecule has 3 heterocycles. The highest BCUT2D eigenvalue weighted by Crippen LogP contribution is 2.23. The molecular formula is C18H26N4O2. The molecule has 0 aliphatic carbocycles. The molecule has 6 nitrogen and oxygen atoms in total. The minimum Gasteiger partial charge on any atom is -0.387 e. The fourth-order valence-electron chi connectivity index (χ4n) is 3.34. The zero-order valence-corrected chi connectivity index (χ0v) is 14.3. The van der Waals surface area contributed by atoms with E-state index < -0.39 is 5.60 Å². The van der Waals surface area contributed by atoms with Gasteiger partial charge in [0, 0.05) is 57.7 Å². The lowest BCUT2D eigenvalue weighted by Crippen LogP contribution is -2.52. The van der Waals surface area contributed by atoms with Gasteiger partial charge in [-0.2, -0.15) is 0 Å². The number of β-amino-alcohol motifs (C(OH)–C–C–N with tert-alkyl or cyclic N) is 1. The molecule has 1 amide bonds. The van der Waals surface area contributed by atoms with E-state index in [1.807, 2.05) is 12.1 Å². The minimum absolute atomic E-state index is 0.0480. The average molecular weight is 330 g/mol. The van der Waals surface area contributed by atoms with Crippen molar-refractivity contribution >= 4 is 12.0 Å². The van der Waals surface area contributed by atoms with Crippen molar-refractivity contribution < 1.29 is 9.90 Å². The second-order valence-corrected chi connectivity index (χ2v) is 6.93. The maximum absolute atomic E-state index is 12.3. The first-order valence-electron chi connectivity index (χ1n) is 8.54. The van der Waals surface area contributed by atoms with E-state index in [9.17, 15) is 9.90 Å². The van der Waals surface area contributed by atoms with Crippen LogP contribution < -0.4 is 0 Å². The van der Waals surface area contributed by atoms with Crippen molar-refractivity contribution in [3.8, 4) is 0 Å². The minimum atomic E-state index is -0.784. The molecule has 2 aliphatic heterocycles. The van der Waals surface area contributed by atoms with Crippen LogP contribution in [0.15, 0.2) is 30.6 Å². The number of nitrogens with zero attached hydrogens (tertiary/aromatic N) is 4. The molecule has 2 saturated heterocycles. The van der Waals surface area contributed by atoms with Crippen LogP contribution in [0, 0.1) is 0 Å². The fraction of sp³-hybridized carbons (Fsp3) is 0.556. The van der Waals surface area contributed by atoms with Crippen molar-refractivity contribution in [1.29, 1.82) is 0 Å². The van der Waals surface area contributed by atoms with Gasteiger partial charge in [-0.25, -0.2) is 0 Å². The quantitative estimate of drug-likeness (QED) is 0.805. The topological polar surface area (TPSA) is 59.9 Å². The highest BCUT2D eigenvalue weighted by molar-refractivity contribution is 5.92. The number of carbonyl (C=O) groups is 1. The molecule has 6 heteroatoms. The van der Waals surface area contributed by atoms with Gasteiger partial charge in [-0.15, -0.1) is 0 Å². The molecule has 1 aromatic rings. The lowest BCUT2D eigenvalue weighted by atomic mass is 10.0. The Morgan fingerprint density at radius 3 is 2.83 bits per heavy atom. The maximum atomic E-state index is 12.3. The summed E-state index contributed by atoms with van der Waals surface area (Å²) in [5.74, 6) is -0.0480. The summed E-state index contributed by atoms with van der Waals surface area (Å²) < 4.78 is 0. The molecule has 1 aromatic heterocycles. The Balaban J connectivity index is 1.52. The van der Waals surface area contributed by atoms with Crippen LogP contribution in [0.1, 0.15) is 12.0 Å². The van der Waals surface area contributed by atoms with E-state index in [0.29, 0.717) is 26.1 Å². The highest BCUT2D eigenvalue weighted by atomic mass is 16.3. The van der Waals surface area contributed by atoms with Gasteiger partial charge in [-0.3, -0.25) is 14.7 Å². The van der Waals surface area contributed by atoms with Crippen molar-refractivity contribution in [2.75, 3.05) is 52.9 Å². The number of carbonyl (C=O) groups excluding carboxylic acids is 1. The lowest BCUT2D eigenvalue weighted by Gasteiger charge is -2.36. The monoisotopic (exact) mass is 330 g/mol. The number of likely N-dealkylation sites (N-methyl/N-ethyl adjacent to an activating group) is 1. The number of likely N-dealkylation sites (tertiary alicyclic amines) is 1. The van der Waals surface area contributed by atoms with Crippen molar-refractivity contribution in [3.05, 3.63) is 36.2 Å². The van der Waals surface area contributed by atoms with E-state index in [-0.39, 0.29) is 5.91 Å². The molecule has 0 spiro atoms. The first-order chi connectivity index (χ1) is 11.5. The van der Waals surface area contributed by atoms with E-state index >= 15 is 0 Å². The van der Waals surface area contributed by atoms with Crippen molar-refractivity contribution in [3.63, 3.8) is 0 Å². The van der Waals surface area contributed by atoms with Crippen molar-refractivity contribution in [1.82, 2.24) is 19.7 Å². The third-order valence-electron chi connectivity index (χ3n) is 4.86. The summed E-state index contributed by atoms with van der Waals surface area (Å²) in [5, 5.41) is 10.8. The number of pyridine rings is 1. The number of hydrogen-bond donors (Lipinski definition) is 1. The van der Waals surface area contributed by atoms with Gasteiger partial charge in [0.1, 0.15) is 0 Å². The second kappa shape index (κ2) is 7.42. The van der Waals surface area contributed by atoms with Crippen LogP contribution in [0.4, 0.5) is 0 Å². The highest BCUT2D eigenvalue weighted by Gasteiger charge is 2.39. The molecule has 0 radical (unpaired) electrons. The maximum Gasteiger partial charge on any atom is 0.246 e. The Hall–Kier alpha value is -1.76. The van der Waals surface area contributed by atoms with E-state index in [1.54, 1.807) is 29.4 Å². The number of piperazine rings is 1. The largest absolute Gasteiger partial charge is 0.387 e. The first kappa shape index (κ1) is 17.1. The Morgan fingerprint density at radius 2 is 2.12 bits per heavy atom. The van der Waals surface area contributed by atoms with Crippen LogP contribution in [0.5, 0.6) is 0 Å². The van der Waals surface area contributed by atoms with Gasteiger partial charge >= 0.3 is 0 Å². The molecule has 0 aromatic carbocycles. The Bertz CT molecular complexity index is 584. The fourth-order valence-corrected chi connectivity index (χ4v) is 3.34. The summed E-state index contributed by atoms with van der Waals surface area (Å²) in [6, 6.07) is 3.75. The molecule has 24 heavy (non-hydrogen) atoms. The molecule has 0 unspecified atom stereocenters. The van der Waals surface area contributed by atoms with Gasteiger partial charge in [-0.1, -0.05) is 6.07 Å². The van der Waals surface area contributed by atoms with Crippen LogP contribution in [0.3, 0.4) is 0 Å². The van der Waals surface area contributed by atoms with Gasteiger partial charge in [0.2, 0.25) is 5.91 Å². The summed E-state index contributed by atoms with van der Waals surface area (Å²) >= 11 is 0. The SMILES string of the molecule is CN1CCN(C[C@@]2(O)CCN(C(=O)/C=C/c3cccnc3)C2)CC1. The molecule has 0 bridgehead atoms. The predicted octanol–water partition coefficient (Wildman–Crippen LogP) is 0.306. The molecule has 1 atom stereocenters. The van der Waals surface area contributed by atoms with Gasteiger partial charge in [0.15, 0.2) is 0 Å². The van der Waals surface area contributed by atoms with E-state index in [1.165, 1.54) is 0 Å². The van der Waals surface area contributed by atoms with E-state index in [0.717, 1.165) is 31.7 Å². The van der Waals surface area contributed by atoms with Crippen LogP contribution in [-0.2, 0) is 4.79 Å². The standard InChI is InChI=1S/C18H26N4O2/c1-20-9-11-21(12-10-20)14-18(24)6-8-22(15-18)17(23)5-4-16-3-2-7-19-13-16/h2-5,7,13,24H,6,8-12,14-15H2,1H3/b5-4+/t18-/m0/s1. The molecule has 3 rings (SSSR count). The van der Waals surface area contributed by atoms with E-state index in [4.69, 9.17) is 0 Å². The number of hydrogen-bond acceptors (Lipinski definition) is 5. The number of aromatic nitrogens is 1. The molecule has 130 valence electrons. The number of amides is 1. The van der Waals surface area contributed by atoms with Gasteiger partial charge in [0.25, 0.3) is 0 Å². The normalized spacial score (nSPS) is 26.3. The Kier molecular flexibility index (Phi) is 5.28. The summed E-state index contributed by atoms with van der Waals surface area (Å²) in [7, 11) is 2.12. The van der Waals surface area contributed by atoms with Crippen LogP contribution in [-0.4, -0.2) is 89.2 Å². The van der Waals surface area contributed by atoms with Crippen LogP contribution >= 0.6 is 0 Å². The molecule has 2 aliphatic rings. The third kappa shape index (κ3) is 4.41. The first-order valence-corrected chi connectivity index (χ1v) is 8.54. The average Bonchev–Trinajstić information content (AvgIpc) is 2.98. The second-order valence-electron chi connectivity index (χ2n) is 6.93. The van der Waals surface area contributed by atoms with Crippen molar-refractivity contribution in [2.45, 2.75) is 12.0 Å². The summed E-state index contributed by atoms with van der Waals surface area (Å²) in [6.07, 6.45) is 7.41. The summed E-state index contributed by atoms with van der Waals surface area (Å²) in [4.78, 5) is 22.7. The van der Waals surface area contributed by atoms with Crippen LogP contribution in [0.25, 0.3) is 6.08 Å². The zero-order valence-electron chi connectivity index (χ0n) is 14.3. The predicted molar refractivity (Wildman–Crippen MR) is 93.4 cm³/mol. The lowest BCUT2D eigenvalue weighted by molar-refractivity contribution is -0.126. The van der Waals surface area contributed by atoms with Gasteiger partial charge in [0.05, 0.1) is 12.1 Å². The Labute approximate surface area is 143 Å². The van der Waals surface area contributed by atoms with Crippen LogP contribution in [0.2, 0.25) is 0 Å². The molecule has 1 N–H and O–H groups in total. The summed E-state index contributed by atoms with van der Waals surface area (Å²) in [6.45, 7) is 5.70. The van der Waals surface area contributed by atoms with Gasteiger partial charge < -0.3 is 14.9 Å². The third-order valence-corrected chi connectivity index (χ3v) is 4.86. The van der Waals surface area contributed by atoms with Crippen molar-refractivity contribution in [2.24, 2.45) is 0 Å². The zero-order chi connectivity index (χ0) is 17.0.